The van der Waals surface area contributed by atoms with E-state index in [1.807, 2.05) is 0 Å². The van der Waals surface area contributed by atoms with E-state index in [1.165, 1.54) is 39.4 Å². The van der Waals surface area contributed by atoms with Gasteiger partial charge in [0.05, 0.1) is 14.2 Å². The molecule has 2 saturated heterocycles. The molecule has 0 saturated carbocycles. The first-order valence-corrected chi connectivity index (χ1v) is 18.5. The van der Waals surface area contributed by atoms with E-state index in [2.05, 4.69) is 0 Å². The topological polar surface area (TPSA) is 283 Å². The highest BCUT2D eigenvalue weighted by atomic mass is 16.8. The lowest BCUT2D eigenvalue weighted by molar-refractivity contribution is -0.384. The normalized spacial score (nSPS) is 25.3. The van der Waals surface area contributed by atoms with Gasteiger partial charge in [-0.15, -0.1) is 0 Å². The Morgan fingerprint density at radius 2 is 1.08 bits per heavy atom. The number of ether oxygens (including phenoxy) is 14. The van der Waals surface area contributed by atoms with Crippen LogP contribution in [-0.4, -0.2) is 143 Å². The van der Waals surface area contributed by atoms with E-state index in [0.717, 1.165) is 54.5 Å². The number of carbonyl (C=O) groups is 9. The molecule has 0 spiro atoms. The molecular formula is C39H48O23. The van der Waals surface area contributed by atoms with E-state index >= 15 is 0 Å². The van der Waals surface area contributed by atoms with Crippen molar-refractivity contribution in [1.82, 2.24) is 0 Å². The summed E-state index contributed by atoms with van der Waals surface area (Å²) in [5.74, 6) is -10.7. The summed E-state index contributed by atoms with van der Waals surface area (Å²) in [6.45, 7) is 5.79. The molecule has 2 aliphatic rings. The highest BCUT2D eigenvalue weighted by Crippen LogP contribution is 2.42. The van der Waals surface area contributed by atoms with Gasteiger partial charge in [-0.3, -0.25) is 38.4 Å². The van der Waals surface area contributed by atoms with Gasteiger partial charge in [0.25, 0.3) is 0 Å². The zero-order valence-electron chi connectivity index (χ0n) is 35.4. The molecule has 2 heterocycles. The van der Waals surface area contributed by atoms with E-state index in [1.54, 1.807) is 0 Å². The number of rotatable bonds is 18. The molecule has 0 aromatic heterocycles. The molecule has 1 aromatic carbocycles. The fraction of sp³-hybridized carbons (Fsp3) is 0.564. The molecule has 3 rings (SSSR count). The molecule has 1 aromatic rings. The summed E-state index contributed by atoms with van der Waals surface area (Å²) in [4.78, 5) is 111. The molecule has 2 fully saturated rings. The van der Waals surface area contributed by atoms with Gasteiger partial charge in [-0.05, 0) is 23.8 Å². The average molecular weight is 885 g/mol. The Bertz CT molecular complexity index is 1860. The van der Waals surface area contributed by atoms with Crippen molar-refractivity contribution in [2.45, 2.75) is 110 Å². The zero-order chi connectivity index (χ0) is 46.5. The molecule has 2 aliphatic heterocycles. The van der Waals surface area contributed by atoms with Gasteiger partial charge in [0.2, 0.25) is 17.8 Å². The molecule has 0 unspecified atom stereocenters. The maximum atomic E-state index is 13.2. The van der Waals surface area contributed by atoms with Gasteiger partial charge in [0.1, 0.15) is 32.0 Å². The van der Waals surface area contributed by atoms with E-state index in [0.29, 0.717) is 5.56 Å². The van der Waals surface area contributed by atoms with Crippen molar-refractivity contribution < 1.29 is 109 Å². The van der Waals surface area contributed by atoms with Crippen molar-refractivity contribution in [2.24, 2.45) is 0 Å². The average Bonchev–Trinajstić information content (AvgIpc) is 3.43. The Hall–Kier alpha value is -6.33. The molecule has 0 aliphatic carbocycles. The van der Waals surface area contributed by atoms with Crippen LogP contribution in [0.2, 0.25) is 0 Å². The monoisotopic (exact) mass is 884 g/mol. The van der Waals surface area contributed by atoms with Gasteiger partial charge in [0, 0.05) is 61.5 Å². The van der Waals surface area contributed by atoms with Crippen molar-refractivity contribution in [3.8, 4) is 17.2 Å². The summed E-state index contributed by atoms with van der Waals surface area (Å²) in [5, 5.41) is 0. The quantitative estimate of drug-likeness (QED) is 0.0853. The molecule has 0 amide bonds. The number of hydrogen-bond acceptors (Lipinski definition) is 23. The minimum absolute atomic E-state index is 0.0158. The Kier molecular flexibility index (Phi) is 18.2. The first-order valence-electron chi connectivity index (χ1n) is 18.5. The van der Waals surface area contributed by atoms with Crippen LogP contribution in [0.15, 0.2) is 18.2 Å². The predicted octanol–water partition coefficient (Wildman–Crippen LogP) is 0.807. The van der Waals surface area contributed by atoms with Crippen LogP contribution in [0.4, 0.5) is 0 Å². The van der Waals surface area contributed by atoms with Crippen molar-refractivity contribution in [1.29, 1.82) is 0 Å². The maximum Gasteiger partial charge on any atom is 0.330 e. The van der Waals surface area contributed by atoms with Crippen LogP contribution in [-0.2, 0) is 95.3 Å². The van der Waals surface area contributed by atoms with Crippen LogP contribution < -0.4 is 14.2 Å². The fourth-order valence-corrected chi connectivity index (χ4v) is 6.17. The lowest BCUT2D eigenvalue weighted by Crippen LogP contribution is -2.65. The lowest BCUT2D eigenvalue weighted by Gasteiger charge is -2.46. The van der Waals surface area contributed by atoms with Gasteiger partial charge in [-0.25, -0.2) is 4.79 Å². The third-order valence-electron chi connectivity index (χ3n) is 8.32. The summed E-state index contributed by atoms with van der Waals surface area (Å²) in [5.41, 5.74) is 0.321. The maximum absolute atomic E-state index is 13.2. The molecule has 0 radical (unpaired) electrons. The fourth-order valence-electron chi connectivity index (χ4n) is 6.17. The number of hydrogen-bond donors (Lipinski definition) is 0. The largest absolute Gasteiger partial charge is 0.493 e. The van der Waals surface area contributed by atoms with Crippen LogP contribution in [0.3, 0.4) is 0 Å². The van der Waals surface area contributed by atoms with Crippen LogP contribution in [0.25, 0.3) is 6.08 Å². The van der Waals surface area contributed by atoms with Crippen LogP contribution in [0, 0.1) is 0 Å². The first-order chi connectivity index (χ1) is 29.1. The third kappa shape index (κ3) is 14.1. The Labute approximate surface area is 354 Å². The first kappa shape index (κ1) is 50.0. The third-order valence-corrected chi connectivity index (χ3v) is 8.32. The molecular weight excluding hydrogens is 836 g/mol. The summed E-state index contributed by atoms with van der Waals surface area (Å²) in [6.07, 6.45) is -11.8. The second-order valence-electron chi connectivity index (χ2n) is 13.3. The number of benzene rings is 1. The zero-order valence-corrected chi connectivity index (χ0v) is 35.4. The van der Waals surface area contributed by atoms with Crippen molar-refractivity contribution in [3.05, 3.63) is 23.8 Å². The molecule has 342 valence electrons. The van der Waals surface area contributed by atoms with Crippen LogP contribution in [0.1, 0.15) is 61.0 Å². The molecule has 23 heteroatoms. The Morgan fingerprint density at radius 1 is 0.581 bits per heavy atom. The smallest absolute Gasteiger partial charge is 0.330 e. The van der Waals surface area contributed by atoms with E-state index in [4.69, 9.17) is 66.3 Å². The predicted molar refractivity (Wildman–Crippen MR) is 199 cm³/mol. The van der Waals surface area contributed by atoms with Gasteiger partial charge in [-0.1, -0.05) is 0 Å². The number of esters is 9. The Balaban J connectivity index is 2.14. The number of carbonyl (C=O) groups excluding carboxylic acids is 9. The molecule has 62 heavy (non-hydrogen) atoms. The summed E-state index contributed by atoms with van der Waals surface area (Å²) in [7, 11) is 2.62. The molecule has 0 bridgehead atoms. The minimum atomic E-state index is -2.57. The highest BCUT2D eigenvalue weighted by molar-refractivity contribution is 5.87. The van der Waals surface area contributed by atoms with Crippen LogP contribution in [0.5, 0.6) is 17.2 Å². The molecule has 23 nitrogen and oxygen atoms in total. The van der Waals surface area contributed by atoms with Crippen LogP contribution >= 0.6 is 0 Å². The van der Waals surface area contributed by atoms with Gasteiger partial charge >= 0.3 is 53.7 Å². The van der Waals surface area contributed by atoms with Crippen molar-refractivity contribution in [3.63, 3.8) is 0 Å². The Morgan fingerprint density at radius 3 is 1.58 bits per heavy atom. The van der Waals surface area contributed by atoms with Gasteiger partial charge < -0.3 is 66.3 Å². The summed E-state index contributed by atoms with van der Waals surface area (Å²) in [6, 6.07) is 2.85. The second kappa shape index (κ2) is 22.5. The highest BCUT2D eigenvalue weighted by Gasteiger charge is 2.65. The van der Waals surface area contributed by atoms with E-state index in [-0.39, 0.29) is 17.2 Å². The lowest BCUT2D eigenvalue weighted by atomic mass is 9.97. The van der Waals surface area contributed by atoms with Crippen molar-refractivity contribution in [2.75, 3.05) is 34.0 Å². The van der Waals surface area contributed by atoms with E-state index in [9.17, 15) is 43.2 Å². The minimum Gasteiger partial charge on any atom is -0.493 e. The van der Waals surface area contributed by atoms with Gasteiger partial charge in [-0.2, -0.15) is 0 Å². The standard InChI is InChI=1S/C39H48O23/c1-18(40)51-16-30-34(56-22(5)44)37(59-25(8)47)39(61-30,17-53-19(2)41)62-38-36(58-24(7)46)35(57-23(6)45)33(55-21(4)43)29(60-38)15-52-31(48)12-11-26-13-27(49-9)32(54-20(3)42)28(14-26)50-10/h11-14,29-30,33-38H,15-17H2,1-10H3/t29-,30-,33-,34-,35+,36-,37+,38+,39+/m1/s1. The second-order valence-corrected chi connectivity index (χ2v) is 13.3. The molecule has 9 atom stereocenters. The van der Waals surface area contributed by atoms with Gasteiger partial charge in [0.15, 0.2) is 42.0 Å². The summed E-state index contributed by atoms with van der Waals surface area (Å²) >= 11 is 0. The van der Waals surface area contributed by atoms with E-state index < -0.39 is 128 Å². The summed E-state index contributed by atoms with van der Waals surface area (Å²) < 4.78 is 77.6. The van der Waals surface area contributed by atoms with Crippen molar-refractivity contribution >= 4 is 59.8 Å². The number of methoxy groups -OCH3 is 2. The molecule has 0 N–H and O–H groups in total. The SMILES string of the molecule is COc1cc(C=CC(=O)OC[C@H]2O[C@@H](O[C@]3(COC(C)=O)O[C@H](COC(C)=O)[C@@H](OC(C)=O)[C@@H]3OC(C)=O)[C@H](OC(C)=O)[C@@H](OC(C)=O)[C@@H]2OC(C)=O)cc(OC)c1OC(C)=O.